The second-order valence-corrected chi connectivity index (χ2v) is 9.72. The Labute approximate surface area is 166 Å². The summed E-state index contributed by atoms with van der Waals surface area (Å²) in [5.41, 5.74) is 0. The minimum atomic E-state index is 0.747. The summed E-state index contributed by atoms with van der Waals surface area (Å²) in [6.07, 6.45) is 9.40. The summed E-state index contributed by atoms with van der Waals surface area (Å²) in [6, 6.07) is 19.7. The van der Waals surface area contributed by atoms with E-state index in [1.807, 2.05) is 0 Å². The fourth-order valence-corrected chi connectivity index (χ4v) is 7.66. The molecule has 0 spiro atoms. The Kier molecular flexibility index (Phi) is 3.14. The Morgan fingerprint density at radius 2 is 1.43 bits per heavy atom. The van der Waals surface area contributed by atoms with Crippen LogP contribution in [0.1, 0.15) is 19.3 Å². The number of hydrogen-bond acceptors (Lipinski definition) is 1. The van der Waals surface area contributed by atoms with Gasteiger partial charge in [-0.15, -0.1) is 0 Å². The third-order valence-corrected chi connectivity index (χ3v) is 8.57. The number of allylic oxidation sites excluding steroid dienone is 2. The summed E-state index contributed by atoms with van der Waals surface area (Å²) < 4.78 is 6.68. The maximum absolute atomic E-state index is 6.68. The van der Waals surface area contributed by atoms with Gasteiger partial charge in [0.2, 0.25) is 0 Å². The maximum Gasteiger partial charge on any atom is 0.134 e. The van der Waals surface area contributed by atoms with E-state index in [2.05, 4.69) is 66.7 Å². The Hall–Kier alpha value is -2.28. The van der Waals surface area contributed by atoms with E-state index in [-0.39, 0.29) is 0 Å². The van der Waals surface area contributed by atoms with Crippen LogP contribution in [0, 0.1) is 41.4 Å². The van der Waals surface area contributed by atoms with Gasteiger partial charge in [-0.05, 0) is 77.5 Å². The quantitative estimate of drug-likeness (QED) is 0.293. The van der Waals surface area contributed by atoms with Gasteiger partial charge in [-0.3, -0.25) is 0 Å². The highest BCUT2D eigenvalue weighted by Crippen LogP contribution is 2.66. The van der Waals surface area contributed by atoms with E-state index in [9.17, 15) is 0 Å². The zero-order chi connectivity index (χ0) is 18.2. The van der Waals surface area contributed by atoms with Crippen molar-refractivity contribution in [2.75, 3.05) is 6.61 Å². The highest BCUT2D eigenvalue weighted by molar-refractivity contribution is 6.05. The summed E-state index contributed by atoms with van der Waals surface area (Å²) in [5, 5.41) is 5.07. The van der Waals surface area contributed by atoms with Crippen LogP contribution in [0.2, 0.25) is 0 Å². The average Bonchev–Trinajstić information content (AvgIpc) is 3.51. The number of benzene rings is 3. The molecule has 0 radical (unpaired) electrons. The molecule has 0 aromatic heterocycles. The van der Waals surface area contributed by atoms with Gasteiger partial charge in [0.15, 0.2) is 0 Å². The standard InChI is InChI=1S/C27H26O/c1-3-7-22-16(5-1)11-17-6-2-4-8-23(17)27(22)28-15-21-13-20-14-24(21)26-19-10-9-18(12-19)25(20)26/h1-11,18-21,24-26H,12-15H2. The molecule has 3 saturated carbocycles. The van der Waals surface area contributed by atoms with E-state index < -0.39 is 0 Å². The van der Waals surface area contributed by atoms with Crippen LogP contribution in [0.5, 0.6) is 5.75 Å². The molecule has 140 valence electrons. The Morgan fingerprint density at radius 3 is 2.18 bits per heavy atom. The van der Waals surface area contributed by atoms with E-state index in [0.717, 1.165) is 53.8 Å². The summed E-state index contributed by atoms with van der Waals surface area (Å²) in [4.78, 5) is 0. The molecule has 4 aliphatic carbocycles. The highest BCUT2D eigenvalue weighted by atomic mass is 16.5. The number of hydrogen-bond donors (Lipinski definition) is 0. The van der Waals surface area contributed by atoms with Gasteiger partial charge in [-0.2, -0.15) is 0 Å². The Bertz CT molecular complexity index is 1060. The molecule has 0 aliphatic heterocycles. The normalized spacial score (nSPS) is 37.2. The third kappa shape index (κ3) is 2.03. The minimum Gasteiger partial charge on any atom is -0.492 e. The van der Waals surface area contributed by atoms with Gasteiger partial charge in [0.05, 0.1) is 6.61 Å². The van der Waals surface area contributed by atoms with Crippen molar-refractivity contribution in [3.8, 4) is 5.75 Å². The molecule has 1 heteroatoms. The first-order valence-corrected chi connectivity index (χ1v) is 11.1. The molecule has 7 atom stereocenters. The summed E-state index contributed by atoms with van der Waals surface area (Å²) in [7, 11) is 0. The van der Waals surface area contributed by atoms with Crippen molar-refractivity contribution in [1.29, 1.82) is 0 Å². The molecule has 0 saturated heterocycles. The Balaban J connectivity index is 1.22. The first kappa shape index (κ1) is 15.6. The molecular weight excluding hydrogens is 340 g/mol. The molecule has 3 fully saturated rings. The molecule has 28 heavy (non-hydrogen) atoms. The smallest absolute Gasteiger partial charge is 0.134 e. The molecule has 4 bridgehead atoms. The van der Waals surface area contributed by atoms with Crippen LogP contribution in [0.25, 0.3) is 21.5 Å². The predicted octanol–water partition coefficient (Wildman–Crippen LogP) is 6.47. The fraction of sp³-hybridized carbons (Fsp3) is 0.407. The van der Waals surface area contributed by atoms with Crippen LogP contribution in [0.4, 0.5) is 0 Å². The molecular formula is C27H26O. The lowest BCUT2D eigenvalue weighted by Gasteiger charge is -2.36. The molecule has 3 aromatic carbocycles. The van der Waals surface area contributed by atoms with Gasteiger partial charge < -0.3 is 4.74 Å². The van der Waals surface area contributed by atoms with Crippen molar-refractivity contribution in [1.82, 2.24) is 0 Å². The fourth-order valence-electron chi connectivity index (χ4n) is 7.66. The van der Waals surface area contributed by atoms with Gasteiger partial charge in [-0.1, -0.05) is 60.7 Å². The monoisotopic (exact) mass is 366 g/mol. The lowest BCUT2D eigenvalue weighted by Crippen LogP contribution is -2.33. The largest absolute Gasteiger partial charge is 0.492 e. The van der Waals surface area contributed by atoms with Crippen LogP contribution in [0.3, 0.4) is 0 Å². The Morgan fingerprint density at radius 1 is 0.750 bits per heavy atom. The van der Waals surface area contributed by atoms with Gasteiger partial charge in [0.1, 0.15) is 5.75 Å². The lowest BCUT2D eigenvalue weighted by atomic mass is 9.69. The molecule has 0 N–H and O–H groups in total. The molecule has 3 aromatic rings. The van der Waals surface area contributed by atoms with Gasteiger partial charge in [-0.25, -0.2) is 0 Å². The molecule has 7 rings (SSSR count). The van der Waals surface area contributed by atoms with Crippen molar-refractivity contribution in [3.63, 3.8) is 0 Å². The molecule has 7 unspecified atom stereocenters. The van der Waals surface area contributed by atoms with Gasteiger partial charge in [0.25, 0.3) is 0 Å². The molecule has 1 nitrogen and oxygen atoms in total. The van der Waals surface area contributed by atoms with E-state index in [1.165, 1.54) is 40.8 Å². The van der Waals surface area contributed by atoms with Gasteiger partial charge in [0, 0.05) is 10.8 Å². The van der Waals surface area contributed by atoms with E-state index >= 15 is 0 Å². The first-order chi connectivity index (χ1) is 13.9. The van der Waals surface area contributed by atoms with Gasteiger partial charge >= 0.3 is 0 Å². The summed E-state index contributed by atoms with van der Waals surface area (Å²) in [6.45, 7) is 0.892. The van der Waals surface area contributed by atoms with Crippen LogP contribution in [-0.2, 0) is 0 Å². The maximum atomic E-state index is 6.68. The minimum absolute atomic E-state index is 0.747. The van der Waals surface area contributed by atoms with Crippen LogP contribution in [-0.4, -0.2) is 6.61 Å². The predicted molar refractivity (Wildman–Crippen MR) is 114 cm³/mol. The summed E-state index contributed by atoms with van der Waals surface area (Å²) in [5.74, 6) is 7.47. The van der Waals surface area contributed by atoms with E-state index in [0.29, 0.717) is 0 Å². The second kappa shape index (κ2) is 5.63. The van der Waals surface area contributed by atoms with Crippen LogP contribution < -0.4 is 4.74 Å². The number of rotatable bonds is 3. The first-order valence-electron chi connectivity index (χ1n) is 11.1. The zero-order valence-corrected chi connectivity index (χ0v) is 16.1. The SMILES string of the molecule is C1=CC2CC1C1C3CC(COc4c5ccccc5cc5ccccc45)C(C3)C21. The van der Waals surface area contributed by atoms with E-state index in [1.54, 1.807) is 0 Å². The van der Waals surface area contributed by atoms with E-state index in [4.69, 9.17) is 4.74 Å². The van der Waals surface area contributed by atoms with Crippen molar-refractivity contribution in [2.45, 2.75) is 19.3 Å². The third-order valence-electron chi connectivity index (χ3n) is 8.57. The lowest BCUT2D eigenvalue weighted by molar-refractivity contribution is 0.110. The van der Waals surface area contributed by atoms with Crippen molar-refractivity contribution < 1.29 is 4.74 Å². The molecule has 0 amide bonds. The second-order valence-electron chi connectivity index (χ2n) is 9.72. The van der Waals surface area contributed by atoms with Crippen molar-refractivity contribution >= 4 is 21.5 Å². The topological polar surface area (TPSA) is 9.23 Å². The summed E-state index contributed by atoms with van der Waals surface area (Å²) >= 11 is 0. The average molecular weight is 367 g/mol. The van der Waals surface area contributed by atoms with Crippen LogP contribution in [0.15, 0.2) is 66.7 Å². The van der Waals surface area contributed by atoms with Crippen LogP contribution >= 0.6 is 0 Å². The van der Waals surface area contributed by atoms with Crippen molar-refractivity contribution in [3.05, 3.63) is 66.7 Å². The number of ether oxygens (including phenoxy) is 1. The zero-order valence-electron chi connectivity index (χ0n) is 16.1. The molecule has 0 heterocycles. The van der Waals surface area contributed by atoms with Crippen molar-refractivity contribution in [2.24, 2.45) is 41.4 Å². The highest BCUT2D eigenvalue weighted by Gasteiger charge is 2.60. The molecule has 4 aliphatic rings. The number of fused-ring (bicyclic) bond motifs is 11.